The van der Waals surface area contributed by atoms with Gasteiger partial charge in [0.2, 0.25) is 5.88 Å². The van der Waals surface area contributed by atoms with Gasteiger partial charge < -0.3 is 31.4 Å². The Kier molecular flexibility index (Phi) is 8.21. The van der Waals surface area contributed by atoms with Crippen molar-refractivity contribution in [2.45, 2.75) is 96.4 Å². The van der Waals surface area contributed by atoms with E-state index in [1.807, 2.05) is 23.6 Å². The molecule has 1 atom stereocenters. The number of rotatable bonds is 14. The summed E-state index contributed by atoms with van der Waals surface area (Å²) in [6.07, 6.45) is 8.28. The van der Waals surface area contributed by atoms with Crippen molar-refractivity contribution in [1.82, 2.24) is 24.7 Å². The maximum Gasteiger partial charge on any atom is 0.255 e. The molecule has 5 rings (SSSR count). The smallest absolute Gasteiger partial charge is 0.255 e. The molecule has 2 aliphatic carbocycles. The Balaban J connectivity index is 1.19. The zero-order valence-electron chi connectivity index (χ0n) is 24.9. The summed E-state index contributed by atoms with van der Waals surface area (Å²) in [5.74, 6) is 0.537. The van der Waals surface area contributed by atoms with Crippen LogP contribution in [0.4, 0.5) is 0 Å². The summed E-state index contributed by atoms with van der Waals surface area (Å²) in [6, 6.07) is 3.65. The van der Waals surface area contributed by atoms with E-state index in [0.29, 0.717) is 30.3 Å². The van der Waals surface area contributed by atoms with Crippen LogP contribution in [0.2, 0.25) is 0 Å². The number of hydrogen-bond donors (Lipinski definition) is 4. The molecule has 3 aromatic rings. The first-order chi connectivity index (χ1) is 19.9. The number of fused-ring (bicyclic) bond motifs is 1. The van der Waals surface area contributed by atoms with Crippen LogP contribution >= 0.6 is 0 Å². The van der Waals surface area contributed by atoms with E-state index in [4.69, 9.17) is 20.9 Å². The van der Waals surface area contributed by atoms with Crippen molar-refractivity contribution in [3.8, 4) is 11.6 Å². The van der Waals surface area contributed by atoms with E-state index in [-0.39, 0.29) is 41.5 Å². The van der Waals surface area contributed by atoms with Gasteiger partial charge in [-0.1, -0.05) is 6.92 Å². The van der Waals surface area contributed by atoms with Gasteiger partial charge in [-0.25, -0.2) is 4.52 Å². The molecule has 0 aromatic carbocycles. The number of aliphatic hydroxyl groups is 1. The fourth-order valence-corrected chi connectivity index (χ4v) is 5.90. The fourth-order valence-electron chi connectivity index (χ4n) is 5.90. The largest absolute Gasteiger partial charge is 0.489 e. The molecule has 2 fully saturated rings. The third-order valence-electron chi connectivity index (χ3n) is 7.95. The van der Waals surface area contributed by atoms with Crippen molar-refractivity contribution in [2.75, 3.05) is 13.2 Å². The highest BCUT2D eigenvalue weighted by Crippen LogP contribution is 2.47. The van der Waals surface area contributed by atoms with Crippen LogP contribution in [0.1, 0.15) is 98.5 Å². The Hall–Kier alpha value is -3.64. The second-order valence-corrected chi connectivity index (χ2v) is 13.0. The molecule has 2 saturated carbocycles. The average Bonchev–Trinajstić information content (AvgIpc) is 3.49. The number of carbonyl (C=O) groups excluding carboxylic acids is 2. The van der Waals surface area contributed by atoms with Gasteiger partial charge in [-0.3, -0.25) is 14.3 Å². The highest BCUT2D eigenvalue weighted by atomic mass is 16.5. The van der Waals surface area contributed by atoms with E-state index in [1.165, 1.54) is 0 Å². The summed E-state index contributed by atoms with van der Waals surface area (Å²) in [5.41, 5.74) is 12.6. The van der Waals surface area contributed by atoms with Crippen LogP contribution in [0.15, 0.2) is 24.5 Å². The highest BCUT2D eigenvalue weighted by Gasteiger charge is 2.43. The molecular weight excluding hydrogens is 538 g/mol. The molecule has 3 heterocycles. The van der Waals surface area contributed by atoms with E-state index in [2.05, 4.69) is 22.4 Å². The van der Waals surface area contributed by atoms with Crippen LogP contribution in [0.25, 0.3) is 5.52 Å². The summed E-state index contributed by atoms with van der Waals surface area (Å²) in [6.45, 7) is 8.87. The zero-order chi connectivity index (χ0) is 30.2. The molecule has 3 aromatic heterocycles. The number of carbonyl (C=O) groups is 2. The zero-order valence-corrected chi connectivity index (χ0v) is 24.9. The number of pyridine rings is 1. The normalized spacial score (nSPS) is 21.1. The Morgan fingerprint density at radius 3 is 2.64 bits per heavy atom. The lowest BCUT2D eigenvalue weighted by atomic mass is 9.65. The van der Waals surface area contributed by atoms with Crippen LogP contribution in [-0.4, -0.2) is 67.2 Å². The number of ether oxygens (including phenoxy) is 2. The Morgan fingerprint density at radius 1 is 1.26 bits per heavy atom. The van der Waals surface area contributed by atoms with Crippen molar-refractivity contribution in [2.24, 2.45) is 16.9 Å². The third kappa shape index (κ3) is 6.70. The van der Waals surface area contributed by atoms with Gasteiger partial charge in [-0.2, -0.15) is 5.10 Å². The fraction of sp³-hybridized carbons (Fsp3) is 0.600. The molecule has 0 saturated heterocycles. The molecule has 2 amide bonds. The van der Waals surface area contributed by atoms with Gasteiger partial charge in [0.25, 0.3) is 11.8 Å². The van der Waals surface area contributed by atoms with Crippen LogP contribution < -0.4 is 26.3 Å². The van der Waals surface area contributed by atoms with Crippen molar-refractivity contribution >= 4 is 17.3 Å². The van der Waals surface area contributed by atoms with Gasteiger partial charge in [0.05, 0.1) is 28.6 Å². The van der Waals surface area contributed by atoms with E-state index in [9.17, 15) is 14.7 Å². The predicted molar refractivity (Wildman–Crippen MR) is 157 cm³/mol. The third-order valence-corrected chi connectivity index (χ3v) is 7.95. The minimum Gasteiger partial charge on any atom is -0.489 e. The van der Waals surface area contributed by atoms with Gasteiger partial charge in [0.1, 0.15) is 24.0 Å². The minimum absolute atomic E-state index is 0.0285. The number of hydrogen-bond acceptors (Lipinski definition) is 8. The van der Waals surface area contributed by atoms with Crippen molar-refractivity contribution in [1.29, 1.82) is 0 Å². The summed E-state index contributed by atoms with van der Waals surface area (Å²) in [4.78, 5) is 25.2. The van der Waals surface area contributed by atoms with E-state index < -0.39 is 11.5 Å². The van der Waals surface area contributed by atoms with Crippen molar-refractivity contribution < 1.29 is 24.2 Å². The van der Waals surface area contributed by atoms with Gasteiger partial charge in [0, 0.05) is 24.7 Å². The Labute approximate surface area is 245 Å². The average molecular weight is 582 g/mol. The van der Waals surface area contributed by atoms with Crippen LogP contribution in [-0.2, 0) is 6.54 Å². The molecule has 42 heavy (non-hydrogen) atoms. The maximum atomic E-state index is 13.3. The monoisotopic (exact) mass is 581 g/mol. The predicted octanol–water partition coefficient (Wildman–Crippen LogP) is 2.76. The number of aryl methyl sites for hydroxylation is 1. The van der Waals surface area contributed by atoms with Crippen LogP contribution in [0, 0.1) is 5.41 Å². The number of nitrogens with two attached hydrogens (primary N) is 2. The van der Waals surface area contributed by atoms with Crippen LogP contribution in [0.3, 0.4) is 0 Å². The summed E-state index contributed by atoms with van der Waals surface area (Å²) in [5, 5.41) is 22.2. The molecule has 0 spiro atoms. The van der Waals surface area contributed by atoms with Gasteiger partial charge in [0.15, 0.2) is 0 Å². The Morgan fingerprint density at radius 2 is 2.00 bits per heavy atom. The van der Waals surface area contributed by atoms with Gasteiger partial charge in [-0.15, -0.1) is 5.10 Å². The molecule has 2 aliphatic rings. The molecule has 0 aliphatic heterocycles. The first-order valence-electron chi connectivity index (χ1n) is 14.8. The molecule has 12 heteroatoms. The topological polar surface area (TPSA) is 172 Å². The summed E-state index contributed by atoms with van der Waals surface area (Å²) in [7, 11) is 0. The first-order valence-corrected chi connectivity index (χ1v) is 14.8. The molecule has 0 unspecified atom stereocenters. The second kappa shape index (κ2) is 11.6. The molecule has 0 radical (unpaired) electrons. The van der Waals surface area contributed by atoms with Crippen molar-refractivity contribution in [3.63, 3.8) is 0 Å². The van der Waals surface area contributed by atoms with Crippen molar-refractivity contribution in [3.05, 3.63) is 41.3 Å². The minimum atomic E-state index is -0.954. The van der Waals surface area contributed by atoms with E-state index in [1.54, 1.807) is 30.9 Å². The van der Waals surface area contributed by atoms with Gasteiger partial charge in [-0.05, 0) is 83.4 Å². The molecule has 0 bridgehead atoms. The number of nitrogens with zero attached hydrogens (tertiary/aromatic N) is 4. The Bertz CT molecular complexity index is 1450. The number of amides is 2. The standard InChI is InChI=1S/C30H43N7O5/c1-18(12-30(4)13-20(14-30)42-28-22(26(32)38)16-36(35-28)11-5-10-31)34-27(39)21-15-33-37-23(21)8-9-24(25(37)19-6-7-19)41-17-29(2,3)40/h8-9,15-16,18-20,40H,5-7,10-14,17,31H2,1-4H3,(H2,32,38)(H,34,39)/t18-,20?,30?/m0/s1. The first kappa shape index (κ1) is 29.8. The molecular formula is C30H43N7O5. The summed E-state index contributed by atoms with van der Waals surface area (Å²) >= 11 is 0. The second-order valence-electron chi connectivity index (χ2n) is 13.0. The lowest BCUT2D eigenvalue weighted by Crippen LogP contribution is -2.46. The maximum absolute atomic E-state index is 13.3. The van der Waals surface area contributed by atoms with Gasteiger partial charge >= 0.3 is 0 Å². The SMILES string of the molecule is C[C@@H](CC1(C)CC(Oc2nn(CCCN)cc2C(N)=O)C1)NC(=O)c1cnn2c(C3CC3)c(OCC(C)(C)O)ccc12. The highest BCUT2D eigenvalue weighted by molar-refractivity contribution is 6.00. The number of primary amides is 1. The van der Waals surface area contributed by atoms with E-state index >= 15 is 0 Å². The summed E-state index contributed by atoms with van der Waals surface area (Å²) < 4.78 is 15.5. The molecule has 12 nitrogen and oxygen atoms in total. The lowest BCUT2D eigenvalue weighted by molar-refractivity contribution is -0.0156. The van der Waals surface area contributed by atoms with E-state index in [0.717, 1.165) is 49.7 Å². The van der Waals surface area contributed by atoms with Crippen LogP contribution in [0.5, 0.6) is 11.6 Å². The lowest BCUT2D eigenvalue weighted by Gasteiger charge is -2.46. The number of aromatic nitrogens is 4. The molecule has 228 valence electrons. The molecule has 6 N–H and O–H groups in total. The quantitative estimate of drug-likeness (QED) is 0.225. The number of nitrogens with one attached hydrogen (secondary N) is 1.